The maximum Gasteiger partial charge on any atom is 0.165 e. The van der Waals surface area contributed by atoms with Crippen LogP contribution in [0, 0.1) is 5.82 Å². The van der Waals surface area contributed by atoms with E-state index in [1.54, 1.807) is 6.07 Å². The molecule has 0 heterocycles. The van der Waals surface area contributed by atoms with E-state index in [2.05, 4.69) is 12.2 Å². The maximum atomic E-state index is 13.7. The Morgan fingerprint density at radius 2 is 2.05 bits per heavy atom. The zero-order valence-electron chi connectivity index (χ0n) is 12.9. The van der Waals surface area contributed by atoms with Gasteiger partial charge < -0.3 is 14.8 Å². The van der Waals surface area contributed by atoms with Crippen LogP contribution in [0.5, 0.6) is 5.75 Å². The summed E-state index contributed by atoms with van der Waals surface area (Å²) in [5, 5.41) is 3.44. The second-order valence-corrected chi connectivity index (χ2v) is 5.21. The Morgan fingerprint density at radius 3 is 2.60 bits per heavy atom. The first-order chi connectivity index (χ1) is 9.56. The minimum Gasteiger partial charge on any atom is -0.494 e. The van der Waals surface area contributed by atoms with Crippen molar-refractivity contribution < 1.29 is 13.9 Å². The predicted molar refractivity (Wildman–Crippen MR) is 79.8 cm³/mol. The Balaban J connectivity index is 2.64. The molecule has 0 spiro atoms. The molecule has 0 aliphatic heterocycles. The molecule has 1 N–H and O–H groups in total. The molecule has 0 aliphatic rings. The van der Waals surface area contributed by atoms with Crippen LogP contribution in [0.15, 0.2) is 18.2 Å². The second kappa shape index (κ2) is 8.93. The molecule has 4 heteroatoms. The van der Waals surface area contributed by atoms with E-state index in [1.807, 2.05) is 19.9 Å². The fourth-order valence-corrected chi connectivity index (χ4v) is 1.97. The molecule has 1 atom stereocenters. The normalized spacial score (nSPS) is 12.7. The molecule has 3 nitrogen and oxygen atoms in total. The van der Waals surface area contributed by atoms with Crippen molar-refractivity contribution in [2.45, 2.75) is 45.8 Å². The smallest absolute Gasteiger partial charge is 0.165 e. The van der Waals surface area contributed by atoms with Crippen LogP contribution in [0.2, 0.25) is 0 Å². The summed E-state index contributed by atoms with van der Waals surface area (Å²) < 4.78 is 24.3. The molecule has 0 amide bonds. The fourth-order valence-electron chi connectivity index (χ4n) is 1.97. The van der Waals surface area contributed by atoms with Gasteiger partial charge in [0.2, 0.25) is 0 Å². The van der Waals surface area contributed by atoms with Crippen LogP contribution >= 0.6 is 0 Å². The highest BCUT2D eigenvalue weighted by molar-refractivity contribution is 5.29. The van der Waals surface area contributed by atoms with Gasteiger partial charge in [0, 0.05) is 6.04 Å². The summed E-state index contributed by atoms with van der Waals surface area (Å²) in [5.74, 6) is -0.0331. The van der Waals surface area contributed by atoms with Crippen molar-refractivity contribution in [2.24, 2.45) is 0 Å². The molecule has 0 aromatic heterocycles. The third-order valence-electron chi connectivity index (χ3n) is 3.01. The van der Waals surface area contributed by atoms with Gasteiger partial charge in [-0.15, -0.1) is 0 Å². The van der Waals surface area contributed by atoms with Gasteiger partial charge in [-0.05, 0) is 50.9 Å². The fraction of sp³-hybridized carbons (Fsp3) is 0.625. The van der Waals surface area contributed by atoms with Crippen molar-refractivity contribution in [1.82, 2.24) is 5.32 Å². The third-order valence-corrected chi connectivity index (χ3v) is 3.01. The van der Waals surface area contributed by atoms with E-state index in [0.29, 0.717) is 6.61 Å². The number of benzene rings is 1. The molecule has 1 rings (SSSR count). The van der Waals surface area contributed by atoms with Crippen molar-refractivity contribution in [2.75, 3.05) is 20.3 Å². The van der Waals surface area contributed by atoms with Crippen molar-refractivity contribution in [3.63, 3.8) is 0 Å². The van der Waals surface area contributed by atoms with E-state index < -0.39 is 0 Å². The summed E-state index contributed by atoms with van der Waals surface area (Å²) >= 11 is 0. The predicted octanol–water partition coefficient (Wildman–Crippen LogP) is 3.17. The number of methoxy groups -OCH3 is 1. The standard InChI is InChI=1S/C16H26FNO2/c1-5-8-18-14(11-20-12(2)3)9-13-6-7-16(19-4)15(17)10-13/h6-7,10,12,14,18H,5,8-9,11H2,1-4H3. The highest BCUT2D eigenvalue weighted by atomic mass is 19.1. The summed E-state index contributed by atoms with van der Waals surface area (Å²) in [5.41, 5.74) is 0.948. The van der Waals surface area contributed by atoms with Gasteiger partial charge in [-0.1, -0.05) is 13.0 Å². The van der Waals surface area contributed by atoms with E-state index in [1.165, 1.54) is 13.2 Å². The van der Waals surface area contributed by atoms with Crippen LogP contribution in [0.1, 0.15) is 32.8 Å². The molecule has 1 aromatic carbocycles. The van der Waals surface area contributed by atoms with E-state index >= 15 is 0 Å². The quantitative estimate of drug-likeness (QED) is 0.755. The molecule has 20 heavy (non-hydrogen) atoms. The molecule has 1 aromatic rings. The number of halogens is 1. The molecule has 0 fully saturated rings. The summed E-state index contributed by atoms with van der Waals surface area (Å²) in [6.45, 7) is 7.73. The second-order valence-electron chi connectivity index (χ2n) is 5.21. The van der Waals surface area contributed by atoms with Gasteiger partial charge in [0.15, 0.2) is 11.6 Å². The Kier molecular flexibility index (Phi) is 7.55. The molecular formula is C16H26FNO2. The van der Waals surface area contributed by atoms with E-state index in [0.717, 1.165) is 24.9 Å². The topological polar surface area (TPSA) is 30.5 Å². The number of hydrogen-bond acceptors (Lipinski definition) is 3. The Labute approximate surface area is 121 Å². The van der Waals surface area contributed by atoms with E-state index in [-0.39, 0.29) is 23.7 Å². The molecular weight excluding hydrogens is 257 g/mol. The van der Waals surface area contributed by atoms with Gasteiger partial charge in [-0.25, -0.2) is 4.39 Å². The maximum absolute atomic E-state index is 13.7. The minimum atomic E-state index is -0.316. The number of hydrogen-bond donors (Lipinski definition) is 1. The largest absolute Gasteiger partial charge is 0.494 e. The number of rotatable bonds is 9. The first-order valence-corrected chi connectivity index (χ1v) is 7.24. The van der Waals surface area contributed by atoms with Crippen LogP contribution < -0.4 is 10.1 Å². The lowest BCUT2D eigenvalue weighted by Crippen LogP contribution is -2.36. The summed E-state index contributed by atoms with van der Waals surface area (Å²) in [6.07, 6.45) is 2.01. The minimum absolute atomic E-state index is 0.199. The summed E-state index contributed by atoms with van der Waals surface area (Å²) in [4.78, 5) is 0. The molecule has 114 valence electrons. The first kappa shape index (κ1) is 16.9. The van der Waals surface area contributed by atoms with Crippen LogP contribution in [0.4, 0.5) is 4.39 Å². The van der Waals surface area contributed by atoms with E-state index in [4.69, 9.17) is 9.47 Å². The van der Waals surface area contributed by atoms with Crippen LogP contribution in [-0.2, 0) is 11.2 Å². The SMILES string of the molecule is CCCNC(COC(C)C)Cc1ccc(OC)c(F)c1. The lowest BCUT2D eigenvalue weighted by molar-refractivity contribution is 0.0613. The monoisotopic (exact) mass is 283 g/mol. The first-order valence-electron chi connectivity index (χ1n) is 7.24. The zero-order valence-corrected chi connectivity index (χ0v) is 12.9. The van der Waals surface area contributed by atoms with Gasteiger partial charge in [0.05, 0.1) is 19.8 Å². The highest BCUT2D eigenvalue weighted by Gasteiger charge is 2.12. The molecule has 0 radical (unpaired) electrons. The van der Waals surface area contributed by atoms with Crippen LogP contribution in [0.25, 0.3) is 0 Å². The molecule has 0 saturated heterocycles. The van der Waals surface area contributed by atoms with Crippen molar-refractivity contribution in [3.8, 4) is 5.75 Å². The lowest BCUT2D eigenvalue weighted by Gasteiger charge is -2.20. The Hall–Kier alpha value is -1.13. The molecule has 0 saturated carbocycles. The third kappa shape index (κ3) is 5.88. The van der Waals surface area contributed by atoms with Crippen molar-refractivity contribution in [3.05, 3.63) is 29.6 Å². The van der Waals surface area contributed by atoms with Crippen LogP contribution in [0.3, 0.4) is 0 Å². The lowest BCUT2D eigenvalue weighted by atomic mass is 10.1. The molecule has 0 bridgehead atoms. The average molecular weight is 283 g/mol. The van der Waals surface area contributed by atoms with Gasteiger partial charge in [-0.3, -0.25) is 0 Å². The van der Waals surface area contributed by atoms with Gasteiger partial charge in [0.1, 0.15) is 0 Å². The Morgan fingerprint density at radius 1 is 1.30 bits per heavy atom. The van der Waals surface area contributed by atoms with Gasteiger partial charge >= 0.3 is 0 Å². The molecule has 0 aliphatic carbocycles. The van der Waals surface area contributed by atoms with Gasteiger partial charge in [0.25, 0.3) is 0 Å². The Bertz CT molecular complexity index is 396. The summed E-state index contributed by atoms with van der Waals surface area (Å²) in [7, 11) is 1.47. The van der Waals surface area contributed by atoms with Crippen LogP contribution in [-0.4, -0.2) is 32.4 Å². The van der Waals surface area contributed by atoms with Gasteiger partial charge in [-0.2, -0.15) is 0 Å². The number of ether oxygens (including phenoxy) is 2. The molecule has 1 unspecified atom stereocenters. The summed E-state index contributed by atoms with van der Waals surface area (Å²) in [6, 6.07) is 5.31. The van der Waals surface area contributed by atoms with Crippen molar-refractivity contribution >= 4 is 0 Å². The average Bonchev–Trinajstić information content (AvgIpc) is 2.42. The van der Waals surface area contributed by atoms with Crippen molar-refractivity contribution in [1.29, 1.82) is 0 Å². The highest BCUT2D eigenvalue weighted by Crippen LogP contribution is 2.18. The number of nitrogens with one attached hydrogen (secondary N) is 1. The zero-order chi connectivity index (χ0) is 15.0. The van der Waals surface area contributed by atoms with E-state index in [9.17, 15) is 4.39 Å².